The molecule has 3 aromatic rings. The van der Waals surface area contributed by atoms with Crippen molar-refractivity contribution in [3.05, 3.63) is 51.4 Å². The number of amides is 1. The molecule has 1 aromatic carbocycles. The van der Waals surface area contributed by atoms with E-state index < -0.39 is 0 Å². The Hall–Kier alpha value is -3.38. The van der Waals surface area contributed by atoms with Gasteiger partial charge in [-0.25, -0.2) is 4.98 Å². The van der Waals surface area contributed by atoms with Crippen LogP contribution in [0.2, 0.25) is 10.0 Å². The van der Waals surface area contributed by atoms with Gasteiger partial charge in [-0.15, -0.1) is 0 Å². The number of ether oxygens (including phenoxy) is 3. The van der Waals surface area contributed by atoms with Crippen molar-refractivity contribution in [2.45, 2.75) is 31.5 Å². The van der Waals surface area contributed by atoms with E-state index in [4.69, 9.17) is 42.4 Å². The van der Waals surface area contributed by atoms with Crippen LogP contribution in [0, 0.1) is 0 Å². The molecule has 0 atom stereocenters. The molecule has 2 saturated heterocycles. The molecule has 2 N–H and O–H groups in total. The first kappa shape index (κ1) is 29.1. The average Bonchev–Trinajstić information content (AvgIpc) is 2.96. The summed E-state index contributed by atoms with van der Waals surface area (Å²) in [7, 11) is 2.96. The van der Waals surface area contributed by atoms with E-state index in [2.05, 4.69) is 22.2 Å². The Kier molecular flexibility index (Phi) is 8.98. The van der Waals surface area contributed by atoms with Crippen LogP contribution in [0.25, 0.3) is 22.2 Å². The van der Waals surface area contributed by atoms with Gasteiger partial charge in [0, 0.05) is 55.4 Å². The Balaban J connectivity index is 1.50. The monoisotopic (exact) mass is 602 g/mol. The van der Waals surface area contributed by atoms with Crippen LogP contribution in [-0.4, -0.2) is 84.5 Å². The minimum Gasteiger partial charge on any atom is -0.495 e. The van der Waals surface area contributed by atoms with Crippen molar-refractivity contribution in [2.75, 3.05) is 52.4 Å². The standard InChI is InChI=1S/C28H32Cl2N6O5/c1-4-22(37)35-8-5-17(6-9-35)31-7-10-36-26-16(13-32-28(34-26)33-18-14-41-15-18)11-19(27(36)38)23-24(29)20(39-2)12-21(40-3)25(23)30/h4,11-13,17-18,31H,1,5-10,14-15H2,2-3H3,(H,32,33,34). The molecule has 0 saturated carbocycles. The number of piperidine rings is 1. The van der Waals surface area contributed by atoms with E-state index in [0.29, 0.717) is 73.4 Å². The zero-order valence-electron chi connectivity index (χ0n) is 22.9. The van der Waals surface area contributed by atoms with Crippen LogP contribution in [0.1, 0.15) is 12.8 Å². The molecule has 41 heavy (non-hydrogen) atoms. The molecule has 11 nitrogen and oxygen atoms in total. The maximum Gasteiger partial charge on any atom is 0.260 e. The lowest BCUT2D eigenvalue weighted by Gasteiger charge is -2.32. The summed E-state index contributed by atoms with van der Waals surface area (Å²) in [6.45, 7) is 6.86. The molecule has 2 aliphatic heterocycles. The number of methoxy groups -OCH3 is 2. The van der Waals surface area contributed by atoms with Crippen molar-refractivity contribution in [2.24, 2.45) is 0 Å². The number of anilines is 1. The number of hydrogen-bond donors (Lipinski definition) is 2. The molecule has 218 valence electrons. The van der Waals surface area contributed by atoms with Gasteiger partial charge < -0.3 is 29.7 Å². The predicted molar refractivity (Wildman–Crippen MR) is 158 cm³/mol. The molecule has 13 heteroatoms. The molecule has 0 unspecified atom stereocenters. The second-order valence-electron chi connectivity index (χ2n) is 9.91. The molecule has 0 radical (unpaired) electrons. The number of benzene rings is 1. The summed E-state index contributed by atoms with van der Waals surface area (Å²) in [4.78, 5) is 37.0. The van der Waals surface area contributed by atoms with E-state index in [1.165, 1.54) is 20.3 Å². The van der Waals surface area contributed by atoms with Crippen LogP contribution in [0.4, 0.5) is 5.95 Å². The molecular weight excluding hydrogens is 571 g/mol. The fraction of sp³-hybridized carbons (Fsp3) is 0.429. The Bertz CT molecular complexity index is 1490. The number of carbonyl (C=O) groups is 1. The number of halogens is 2. The second kappa shape index (κ2) is 12.6. The number of nitrogens with zero attached hydrogens (tertiary/aromatic N) is 4. The number of hydrogen-bond acceptors (Lipinski definition) is 9. The molecule has 4 heterocycles. The van der Waals surface area contributed by atoms with Gasteiger partial charge in [0.05, 0.1) is 49.1 Å². The average molecular weight is 604 g/mol. The van der Waals surface area contributed by atoms with Gasteiger partial charge in [-0.1, -0.05) is 29.8 Å². The Morgan fingerprint density at radius 2 is 1.83 bits per heavy atom. The highest BCUT2D eigenvalue weighted by Gasteiger charge is 2.25. The van der Waals surface area contributed by atoms with Crippen molar-refractivity contribution in [3.8, 4) is 22.6 Å². The van der Waals surface area contributed by atoms with E-state index in [9.17, 15) is 9.59 Å². The molecule has 0 bridgehead atoms. The van der Waals surface area contributed by atoms with Gasteiger partial charge in [-0.3, -0.25) is 14.2 Å². The third-order valence-corrected chi connectivity index (χ3v) is 8.14. The van der Waals surface area contributed by atoms with Crippen molar-refractivity contribution in [3.63, 3.8) is 0 Å². The number of carbonyl (C=O) groups excluding carboxylic acids is 1. The third-order valence-electron chi connectivity index (χ3n) is 7.39. The first-order valence-corrected chi connectivity index (χ1v) is 14.1. The van der Waals surface area contributed by atoms with E-state index in [1.807, 2.05) is 0 Å². The Morgan fingerprint density at radius 1 is 1.15 bits per heavy atom. The third kappa shape index (κ3) is 5.99. The van der Waals surface area contributed by atoms with Crippen molar-refractivity contribution in [1.82, 2.24) is 24.8 Å². The summed E-state index contributed by atoms with van der Waals surface area (Å²) in [5.74, 6) is 1.02. The predicted octanol–water partition coefficient (Wildman–Crippen LogP) is 3.36. The van der Waals surface area contributed by atoms with E-state index >= 15 is 0 Å². The lowest BCUT2D eigenvalue weighted by atomic mass is 10.0. The van der Waals surface area contributed by atoms with Gasteiger partial charge in [0.25, 0.3) is 5.56 Å². The largest absolute Gasteiger partial charge is 0.495 e. The summed E-state index contributed by atoms with van der Waals surface area (Å²) in [6, 6.07) is 3.60. The molecule has 5 rings (SSSR count). The molecule has 2 aliphatic rings. The summed E-state index contributed by atoms with van der Waals surface area (Å²) >= 11 is 13.4. The number of aromatic nitrogens is 3. The Morgan fingerprint density at radius 3 is 2.41 bits per heavy atom. The number of likely N-dealkylation sites (tertiary alicyclic amines) is 1. The number of rotatable bonds is 10. The van der Waals surface area contributed by atoms with Crippen LogP contribution in [0.5, 0.6) is 11.5 Å². The van der Waals surface area contributed by atoms with Gasteiger partial charge in [0.2, 0.25) is 11.9 Å². The van der Waals surface area contributed by atoms with Gasteiger partial charge in [0.1, 0.15) is 17.1 Å². The summed E-state index contributed by atoms with van der Waals surface area (Å²) in [6.07, 6.45) is 4.63. The van der Waals surface area contributed by atoms with Crippen LogP contribution >= 0.6 is 23.2 Å². The molecular formula is C28H32Cl2N6O5. The number of nitrogens with one attached hydrogen (secondary N) is 2. The summed E-state index contributed by atoms with van der Waals surface area (Å²) in [5.41, 5.74) is 0.747. The highest BCUT2D eigenvalue weighted by atomic mass is 35.5. The van der Waals surface area contributed by atoms with Crippen LogP contribution < -0.4 is 25.7 Å². The lowest BCUT2D eigenvalue weighted by molar-refractivity contribution is -0.127. The lowest BCUT2D eigenvalue weighted by Crippen LogP contribution is -2.45. The molecule has 0 spiro atoms. The van der Waals surface area contributed by atoms with Crippen LogP contribution in [0.15, 0.2) is 35.8 Å². The van der Waals surface area contributed by atoms with Gasteiger partial charge >= 0.3 is 0 Å². The molecule has 2 fully saturated rings. The minimum absolute atomic E-state index is 0.0534. The topological polar surface area (TPSA) is 120 Å². The van der Waals surface area contributed by atoms with Gasteiger partial charge in [-0.05, 0) is 25.0 Å². The summed E-state index contributed by atoms with van der Waals surface area (Å²) < 4.78 is 17.7. The van der Waals surface area contributed by atoms with Gasteiger partial charge in [0.15, 0.2) is 0 Å². The molecule has 0 aliphatic carbocycles. The summed E-state index contributed by atoms with van der Waals surface area (Å²) in [5, 5.41) is 7.81. The fourth-order valence-corrected chi connectivity index (χ4v) is 5.76. The van der Waals surface area contributed by atoms with E-state index in [1.54, 1.807) is 27.8 Å². The Labute approximate surface area is 247 Å². The first-order valence-electron chi connectivity index (χ1n) is 13.3. The van der Waals surface area contributed by atoms with Crippen molar-refractivity contribution >= 4 is 46.1 Å². The molecule has 1 amide bonds. The number of fused-ring (bicyclic) bond motifs is 1. The van der Waals surface area contributed by atoms with Crippen molar-refractivity contribution < 1.29 is 19.0 Å². The second-order valence-corrected chi connectivity index (χ2v) is 10.7. The fourth-order valence-electron chi connectivity index (χ4n) is 5.05. The zero-order chi connectivity index (χ0) is 29.1. The maximum atomic E-state index is 14.1. The SMILES string of the molecule is C=CC(=O)N1CCC(NCCn2c(=O)c(-c3c(Cl)c(OC)cc(OC)c3Cl)cc3cnc(NC4COC4)nc32)CC1. The quantitative estimate of drug-likeness (QED) is 0.336. The van der Waals surface area contributed by atoms with E-state index in [-0.39, 0.29) is 39.2 Å². The minimum atomic E-state index is -0.318. The van der Waals surface area contributed by atoms with Crippen molar-refractivity contribution in [1.29, 1.82) is 0 Å². The molecule has 2 aromatic heterocycles. The van der Waals surface area contributed by atoms with Crippen LogP contribution in [-0.2, 0) is 16.1 Å². The highest BCUT2D eigenvalue weighted by Crippen LogP contribution is 2.45. The smallest absolute Gasteiger partial charge is 0.260 e. The van der Waals surface area contributed by atoms with Gasteiger partial charge in [-0.2, -0.15) is 4.98 Å². The zero-order valence-corrected chi connectivity index (χ0v) is 24.4. The maximum absolute atomic E-state index is 14.1. The highest BCUT2D eigenvalue weighted by molar-refractivity contribution is 6.41. The first-order chi connectivity index (χ1) is 19.8. The number of pyridine rings is 1. The normalized spacial score (nSPS) is 16.0. The van der Waals surface area contributed by atoms with E-state index in [0.717, 1.165) is 12.8 Å². The van der Waals surface area contributed by atoms with Crippen LogP contribution in [0.3, 0.4) is 0 Å².